The highest BCUT2D eigenvalue weighted by molar-refractivity contribution is 7.13. The number of likely N-dealkylation sites (N-methyl/N-ethyl adjacent to an activating group) is 1. The van der Waals surface area contributed by atoms with Crippen LogP contribution in [0.25, 0.3) is 10.9 Å². The lowest BCUT2D eigenvalue weighted by atomic mass is 9.81. The summed E-state index contributed by atoms with van der Waals surface area (Å²) in [5.74, 6) is -0.409. The number of benzene rings is 1. The number of nitrogens with zero attached hydrogens (tertiary/aromatic N) is 3. The van der Waals surface area contributed by atoms with Crippen LogP contribution in [-0.4, -0.2) is 76.3 Å². The first-order valence-corrected chi connectivity index (χ1v) is 14.8. The van der Waals surface area contributed by atoms with E-state index in [4.69, 9.17) is 0 Å². The highest BCUT2D eigenvalue weighted by atomic mass is 32.1. The number of nitrogens with one attached hydrogen (secondary N) is 3. The Morgan fingerprint density at radius 1 is 1.03 bits per heavy atom. The summed E-state index contributed by atoms with van der Waals surface area (Å²) < 4.78 is 0. The third-order valence-electron chi connectivity index (χ3n) is 8.39. The minimum Gasteiger partial charge on any atom is -0.351 e. The molecule has 1 aliphatic carbocycles. The zero-order valence-electron chi connectivity index (χ0n) is 22.6. The average Bonchev–Trinajstić information content (AvgIpc) is 3.68. The minimum absolute atomic E-state index is 0.157. The lowest BCUT2D eigenvalue weighted by molar-refractivity contribution is -0.135. The number of hydrogen-bond donors (Lipinski definition) is 3. The number of aryl methyl sites for hydroxylation is 1. The number of amides is 3. The minimum atomic E-state index is -0.359. The van der Waals surface area contributed by atoms with E-state index in [1.807, 2.05) is 36.1 Å². The average molecular weight is 549 g/mol. The van der Waals surface area contributed by atoms with Gasteiger partial charge in [-0.25, -0.2) is 4.98 Å². The largest absolute Gasteiger partial charge is 0.351 e. The van der Waals surface area contributed by atoms with E-state index in [1.165, 1.54) is 11.3 Å². The molecule has 39 heavy (non-hydrogen) atoms. The smallest absolute Gasteiger partial charge is 0.280 e. The highest BCUT2D eigenvalue weighted by Gasteiger charge is 2.38. The molecule has 4 heterocycles. The number of H-pyrrole nitrogens is 1. The van der Waals surface area contributed by atoms with Gasteiger partial charge < -0.3 is 25.4 Å². The van der Waals surface area contributed by atoms with Crippen LogP contribution >= 0.6 is 11.3 Å². The van der Waals surface area contributed by atoms with Gasteiger partial charge in [0.05, 0.1) is 11.7 Å². The van der Waals surface area contributed by atoms with Crippen LogP contribution in [0.15, 0.2) is 24.3 Å². The maximum Gasteiger partial charge on any atom is 0.280 e. The molecule has 0 radical (unpaired) electrons. The maximum atomic E-state index is 13.4. The van der Waals surface area contributed by atoms with Crippen molar-refractivity contribution in [2.45, 2.75) is 64.1 Å². The van der Waals surface area contributed by atoms with E-state index in [-0.39, 0.29) is 35.7 Å². The van der Waals surface area contributed by atoms with Crippen molar-refractivity contribution in [3.05, 3.63) is 51.1 Å². The van der Waals surface area contributed by atoms with Gasteiger partial charge in [0.25, 0.3) is 11.8 Å². The van der Waals surface area contributed by atoms with Crippen molar-refractivity contribution in [2.75, 3.05) is 26.7 Å². The fraction of sp³-hybridized carbons (Fsp3) is 0.517. The van der Waals surface area contributed by atoms with E-state index >= 15 is 0 Å². The molecule has 3 amide bonds. The van der Waals surface area contributed by atoms with E-state index in [2.05, 4.69) is 32.5 Å². The lowest BCUT2D eigenvalue weighted by Gasteiger charge is -2.37. The molecule has 6 rings (SSSR count). The molecule has 9 nitrogen and oxygen atoms in total. The molecule has 0 unspecified atom stereocenters. The Kier molecular flexibility index (Phi) is 7.16. The molecule has 1 saturated carbocycles. The molecule has 2 aliphatic heterocycles. The van der Waals surface area contributed by atoms with Gasteiger partial charge >= 0.3 is 0 Å². The first-order valence-electron chi connectivity index (χ1n) is 14.0. The van der Waals surface area contributed by atoms with Crippen molar-refractivity contribution in [2.24, 2.45) is 5.92 Å². The fourth-order valence-corrected chi connectivity index (χ4v) is 7.29. The fourth-order valence-electron chi connectivity index (χ4n) is 6.19. The van der Waals surface area contributed by atoms with Crippen LogP contribution in [0.4, 0.5) is 0 Å². The molecule has 0 spiro atoms. The molecule has 3 aromatic rings. The first-order chi connectivity index (χ1) is 18.8. The summed E-state index contributed by atoms with van der Waals surface area (Å²) in [5, 5.41) is 7.79. The Labute approximate surface area is 232 Å². The van der Waals surface area contributed by atoms with Crippen molar-refractivity contribution >= 4 is 40.0 Å². The number of aromatic nitrogens is 2. The van der Waals surface area contributed by atoms with E-state index in [0.29, 0.717) is 30.0 Å². The van der Waals surface area contributed by atoms with Crippen LogP contribution in [0.5, 0.6) is 0 Å². The van der Waals surface area contributed by atoms with Gasteiger partial charge in [-0.3, -0.25) is 14.4 Å². The summed E-state index contributed by atoms with van der Waals surface area (Å²) in [6.07, 6.45) is 4.76. The zero-order valence-corrected chi connectivity index (χ0v) is 23.4. The molecule has 2 aromatic heterocycles. The van der Waals surface area contributed by atoms with E-state index in [1.54, 1.807) is 0 Å². The predicted molar refractivity (Wildman–Crippen MR) is 151 cm³/mol. The summed E-state index contributed by atoms with van der Waals surface area (Å²) in [7, 11) is 2.07. The Balaban J connectivity index is 1.20. The van der Waals surface area contributed by atoms with Crippen LogP contribution < -0.4 is 10.6 Å². The number of likely N-dealkylation sites (tertiary alicyclic amines) is 1. The number of aromatic amines is 1. The van der Waals surface area contributed by atoms with Gasteiger partial charge in [0.15, 0.2) is 5.01 Å². The number of hydrogen-bond acceptors (Lipinski definition) is 6. The summed E-state index contributed by atoms with van der Waals surface area (Å²) >= 11 is 1.45. The molecule has 3 atom stereocenters. The predicted octanol–water partition coefficient (Wildman–Crippen LogP) is 3.24. The summed E-state index contributed by atoms with van der Waals surface area (Å²) in [6, 6.07) is 7.27. The molecular formula is C29H36N6O3S. The lowest BCUT2D eigenvalue weighted by Crippen LogP contribution is -2.56. The number of rotatable bonds is 5. The number of thiazole rings is 1. The number of carbonyl (C=O) groups excluding carboxylic acids is 3. The van der Waals surface area contributed by atoms with Gasteiger partial charge in [-0.2, -0.15) is 0 Å². The maximum absolute atomic E-state index is 13.4. The number of fused-ring (bicyclic) bond motifs is 2. The van der Waals surface area contributed by atoms with Gasteiger partial charge in [-0.1, -0.05) is 11.6 Å². The molecule has 206 valence electrons. The first kappa shape index (κ1) is 26.0. The van der Waals surface area contributed by atoms with Crippen molar-refractivity contribution in [1.29, 1.82) is 0 Å². The Bertz CT molecular complexity index is 1410. The standard InChI is InChI=1S/C29H36N6O3S/c1-17-5-7-20-19(13-17)15-24(30-20)26(36)31-21-8-6-18(29(38)35-10-3-4-11-35)14-23(21)32-27(37)28-33-22-9-12-34(2)16-25(22)39-28/h5,7,13,15,18,21,23,30H,3-4,6,8-12,14,16H2,1-2H3,(H,31,36)(H,32,37)/t18-,21-,23+/m0/s1. The van der Waals surface area contributed by atoms with Crippen LogP contribution in [0, 0.1) is 12.8 Å². The Hall–Kier alpha value is -3.24. The van der Waals surface area contributed by atoms with Gasteiger partial charge in [-0.15, -0.1) is 11.3 Å². The number of carbonyl (C=O) groups is 3. The summed E-state index contributed by atoms with van der Waals surface area (Å²) in [6.45, 7) is 5.39. The van der Waals surface area contributed by atoms with Gasteiger partial charge in [0.1, 0.15) is 5.69 Å². The van der Waals surface area contributed by atoms with Crippen LogP contribution in [0.2, 0.25) is 0 Å². The molecule has 1 aromatic carbocycles. The van der Waals surface area contributed by atoms with Crippen LogP contribution in [0.3, 0.4) is 0 Å². The molecule has 0 bridgehead atoms. The molecule has 3 aliphatic rings. The van der Waals surface area contributed by atoms with Gasteiger partial charge in [0.2, 0.25) is 5.91 Å². The van der Waals surface area contributed by atoms with Gasteiger partial charge in [-0.05, 0) is 64.3 Å². The van der Waals surface area contributed by atoms with E-state index in [9.17, 15) is 14.4 Å². The topological polar surface area (TPSA) is 110 Å². The van der Waals surface area contributed by atoms with Crippen LogP contribution in [-0.2, 0) is 17.8 Å². The third kappa shape index (κ3) is 5.45. The van der Waals surface area contributed by atoms with E-state index in [0.717, 1.165) is 72.5 Å². The van der Waals surface area contributed by atoms with Crippen molar-refractivity contribution in [3.63, 3.8) is 0 Å². The molecule has 1 saturated heterocycles. The van der Waals surface area contributed by atoms with Crippen molar-refractivity contribution < 1.29 is 14.4 Å². The Morgan fingerprint density at radius 2 is 1.82 bits per heavy atom. The second kappa shape index (κ2) is 10.7. The van der Waals surface area contributed by atoms with Crippen LogP contribution in [0.1, 0.15) is 68.5 Å². The molecular weight excluding hydrogens is 512 g/mol. The highest BCUT2D eigenvalue weighted by Crippen LogP contribution is 2.30. The molecule has 10 heteroatoms. The molecule has 3 N–H and O–H groups in total. The monoisotopic (exact) mass is 548 g/mol. The second-order valence-corrected chi connectivity index (χ2v) is 12.4. The summed E-state index contributed by atoms with van der Waals surface area (Å²) in [5.41, 5.74) is 3.54. The Morgan fingerprint density at radius 3 is 2.64 bits per heavy atom. The summed E-state index contributed by atoms with van der Waals surface area (Å²) in [4.78, 5) is 53.2. The normalized spacial score (nSPS) is 23.5. The second-order valence-electron chi connectivity index (χ2n) is 11.4. The van der Waals surface area contributed by atoms with Crippen molar-refractivity contribution in [3.8, 4) is 0 Å². The third-order valence-corrected chi connectivity index (χ3v) is 9.47. The quantitative estimate of drug-likeness (QED) is 0.454. The molecule has 2 fully saturated rings. The van der Waals surface area contributed by atoms with Gasteiger partial charge in [0, 0.05) is 60.3 Å². The SMILES string of the molecule is Cc1ccc2[nH]c(C(=O)N[C@H]3CC[C@H](C(=O)N4CCCC4)C[C@H]3NC(=O)c3nc4c(s3)CN(C)CC4)cc2c1. The van der Waals surface area contributed by atoms with E-state index < -0.39 is 0 Å². The van der Waals surface area contributed by atoms with Crippen molar-refractivity contribution in [1.82, 2.24) is 30.4 Å². The zero-order chi connectivity index (χ0) is 27.1.